The molecule has 3 aliphatic carbocycles. The van der Waals surface area contributed by atoms with Gasteiger partial charge in [-0.3, -0.25) is 0 Å². The third-order valence-corrected chi connectivity index (χ3v) is 6.62. The zero-order valence-electron chi connectivity index (χ0n) is 17.1. The van der Waals surface area contributed by atoms with Gasteiger partial charge < -0.3 is 24.8 Å². The Kier molecular flexibility index (Phi) is 7.64. The molecule has 3 heteroatoms. The quantitative estimate of drug-likeness (QED) is 0.489. The van der Waals surface area contributed by atoms with Crippen molar-refractivity contribution in [2.24, 2.45) is 5.92 Å². The number of halogens is 2. The van der Waals surface area contributed by atoms with E-state index in [0.29, 0.717) is 11.8 Å². The van der Waals surface area contributed by atoms with E-state index in [4.69, 9.17) is 0 Å². The van der Waals surface area contributed by atoms with E-state index in [1.807, 2.05) is 0 Å². The molecular formula is C28H22Cl2Zr. The molecule has 0 saturated heterocycles. The van der Waals surface area contributed by atoms with Crippen LogP contribution in [0.25, 0.3) is 21.9 Å². The fourth-order valence-corrected chi connectivity index (χ4v) is 5.30. The predicted octanol–water partition coefficient (Wildman–Crippen LogP) is 1.35. The summed E-state index contributed by atoms with van der Waals surface area (Å²) in [5, 5.41) is 2.72. The molecule has 0 aromatic heterocycles. The Hall–Kier alpha value is -1.66. The minimum absolute atomic E-state index is 0. The van der Waals surface area contributed by atoms with Gasteiger partial charge in [0.05, 0.1) is 0 Å². The van der Waals surface area contributed by atoms with Crippen molar-refractivity contribution < 1.29 is 51.0 Å². The largest absolute Gasteiger partial charge is 2.00 e. The molecule has 0 N–H and O–H groups in total. The van der Waals surface area contributed by atoms with Crippen LogP contribution in [0, 0.1) is 5.92 Å². The first-order valence-corrected chi connectivity index (χ1v) is 10.3. The van der Waals surface area contributed by atoms with Crippen molar-refractivity contribution in [3.8, 4) is 11.1 Å². The van der Waals surface area contributed by atoms with Crippen molar-refractivity contribution in [2.75, 3.05) is 0 Å². The van der Waals surface area contributed by atoms with E-state index < -0.39 is 0 Å². The zero-order chi connectivity index (χ0) is 18.5. The average molecular weight is 521 g/mol. The summed E-state index contributed by atoms with van der Waals surface area (Å²) in [6, 6.07) is 22.5. The van der Waals surface area contributed by atoms with Gasteiger partial charge in [-0.05, 0) is 51.4 Å². The number of rotatable bonds is 3. The smallest absolute Gasteiger partial charge is 1.00 e. The molecule has 2 atom stereocenters. The number of hydrogen-bond acceptors (Lipinski definition) is 0. The van der Waals surface area contributed by atoms with Crippen LogP contribution >= 0.6 is 0 Å². The van der Waals surface area contributed by atoms with Gasteiger partial charge >= 0.3 is 26.2 Å². The van der Waals surface area contributed by atoms with Gasteiger partial charge in [-0.15, -0.1) is 0 Å². The summed E-state index contributed by atoms with van der Waals surface area (Å²) in [5.41, 5.74) is 8.89. The molecule has 0 saturated carbocycles. The molecule has 3 aromatic rings. The molecule has 0 heterocycles. The summed E-state index contributed by atoms with van der Waals surface area (Å²) in [6.07, 6.45) is 15.9. The standard InChI is InChI=1S/C28H22.2ClH.Zr/c1-3-9-22-19(7-1)13-14-21(22)15-17-25-24-11-5-6-12-26(24)28-23-10-4-2-8-20(23)16-18-27(25)28;;;/h1-14,16,18,22,25H,15,17H2;2*1H;/q;;;+2/p-2. The number of fused-ring (bicyclic) bond motifs is 6. The Morgan fingerprint density at radius 1 is 0.742 bits per heavy atom. The summed E-state index contributed by atoms with van der Waals surface area (Å²) in [4.78, 5) is 0. The maximum Gasteiger partial charge on any atom is 2.00 e. The van der Waals surface area contributed by atoms with Crippen molar-refractivity contribution in [1.29, 1.82) is 0 Å². The minimum Gasteiger partial charge on any atom is -1.00 e. The van der Waals surface area contributed by atoms with Gasteiger partial charge in [0.15, 0.2) is 0 Å². The van der Waals surface area contributed by atoms with Gasteiger partial charge in [-0.2, -0.15) is 0 Å². The molecule has 31 heavy (non-hydrogen) atoms. The third-order valence-electron chi connectivity index (χ3n) is 6.62. The molecule has 2 unspecified atom stereocenters. The summed E-state index contributed by atoms with van der Waals surface area (Å²) >= 11 is 0. The first-order chi connectivity index (χ1) is 13.9. The van der Waals surface area contributed by atoms with Crippen molar-refractivity contribution in [1.82, 2.24) is 0 Å². The van der Waals surface area contributed by atoms with Crippen LogP contribution in [0.15, 0.2) is 108 Å². The van der Waals surface area contributed by atoms with Crippen molar-refractivity contribution in [3.05, 3.63) is 119 Å². The normalized spacial score (nSPS) is 19.2. The number of allylic oxidation sites excluding steroid dienone is 8. The Labute approximate surface area is 215 Å². The van der Waals surface area contributed by atoms with Crippen molar-refractivity contribution >= 4 is 10.8 Å². The van der Waals surface area contributed by atoms with E-state index in [-0.39, 0.29) is 51.0 Å². The van der Waals surface area contributed by atoms with Gasteiger partial charge in [0.1, 0.15) is 0 Å². The van der Waals surface area contributed by atoms with E-state index in [1.165, 1.54) is 45.0 Å². The molecule has 152 valence electrons. The van der Waals surface area contributed by atoms with Crippen LogP contribution in [0.3, 0.4) is 0 Å². The van der Waals surface area contributed by atoms with Crippen LogP contribution in [-0.2, 0) is 26.2 Å². The minimum atomic E-state index is 0. The van der Waals surface area contributed by atoms with Gasteiger partial charge in [-0.25, -0.2) is 0 Å². The van der Waals surface area contributed by atoms with Crippen LogP contribution < -0.4 is 24.8 Å². The van der Waals surface area contributed by atoms with E-state index in [1.54, 1.807) is 5.57 Å². The van der Waals surface area contributed by atoms with Crippen molar-refractivity contribution in [2.45, 2.75) is 18.8 Å². The summed E-state index contributed by atoms with van der Waals surface area (Å²) < 4.78 is 0. The van der Waals surface area contributed by atoms with Crippen LogP contribution in [0.1, 0.15) is 29.9 Å². The molecule has 0 fully saturated rings. The van der Waals surface area contributed by atoms with Crippen molar-refractivity contribution in [3.63, 3.8) is 0 Å². The second kappa shape index (κ2) is 9.87. The van der Waals surface area contributed by atoms with Crippen LogP contribution in [0.5, 0.6) is 0 Å². The summed E-state index contributed by atoms with van der Waals surface area (Å²) in [5.74, 6) is 0.988. The van der Waals surface area contributed by atoms with Gasteiger partial charge in [-0.1, -0.05) is 103 Å². The molecule has 0 radical (unpaired) electrons. The maximum absolute atomic E-state index is 2.37. The molecule has 3 aliphatic rings. The zero-order valence-corrected chi connectivity index (χ0v) is 21.0. The first-order valence-electron chi connectivity index (χ1n) is 10.3. The van der Waals surface area contributed by atoms with Gasteiger partial charge in [0, 0.05) is 11.8 Å². The Morgan fingerprint density at radius 2 is 1.55 bits per heavy atom. The molecule has 0 aliphatic heterocycles. The number of hydrogen-bond donors (Lipinski definition) is 0. The molecule has 0 bridgehead atoms. The monoisotopic (exact) mass is 518 g/mol. The second-order valence-corrected chi connectivity index (χ2v) is 8.06. The van der Waals surface area contributed by atoms with Gasteiger partial charge in [0.25, 0.3) is 0 Å². The Bertz CT molecular complexity index is 1230. The van der Waals surface area contributed by atoms with E-state index in [9.17, 15) is 0 Å². The second-order valence-electron chi connectivity index (χ2n) is 8.06. The predicted molar refractivity (Wildman–Crippen MR) is 118 cm³/mol. The Balaban J connectivity index is 0.000000907. The molecule has 3 aromatic carbocycles. The summed E-state index contributed by atoms with van der Waals surface area (Å²) in [7, 11) is 0. The van der Waals surface area contributed by atoms with E-state index in [2.05, 4.69) is 97.1 Å². The van der Waals surface area contributed by atoms with Gasteiger partial charge in [0.2, 0.25) is 0 Å². The maximum atomic E-state index is 2.37. The fraction of sp³-hybridized carbons (Fsp3) is 0.143. The van der Waals surface area contributed by atoms with Crippen LogP contribution in [0.4, 0.5) is 0 Å². The molecule has 0 spiro atoms. The van der Waals surface area contributed by atoms with E-state index in [0.717, 1.165) is 6.42 Å². The molecule has 0 amide bonds. The molecule has 0 nitrogen and oxygen atoms in total. The molecular weight excluding hydrogens is 498 g/mol. The van der Waals surface area contributed by atoms with E-state index >= 15 is 0 Å². The number of benzene rings is 3. The van der Waals surface area contributed by atoms with Crippen LogP contribution in [0.2, 0.25) is 0 Å². The average Bonchev–Trinajstić information content (AvgIpc) is 3.31. The fourth-order valence-electron chi connectivity index (χ4n) is 5.30. The third kappa shape index (κ3) is 3.98. The molecule has 6 rings (SSSR count). The SMILES string of the molecule is C1=CC2=CC=C(CCC3c4ccccc4-c4c3ccc3ccccc43)C2C=C1.[Cl-].[Cl-].[Zr+2]. The first kappa shape index (κ1) is 24.0. The van der Waals surface area contributed by atoms with Crippen LogP contribution in [-0.4, -0.2) is 0 Å². The topological polar surface area (TPSA) is 0 Å². The Morgan fingerprint density at radius 3 is 2.45 bits per heavy atom. The summed E-state index contributed by atoms with van der Waals surface area (Å²) in [6.45, 7) is 0.